The minimum Gasteiger partial charge on any atom is -0.482 e. The van der Waals surface area contributed by atoms with Gasteiger partial charge in [-0.05, 0) is 49.2 Å². The van der Waals surface area contributed by atoms with Crippen molar-refractivity contribution in [2.75, 3.05) is 30.3 Å². The highest BCUT2D eigenvalue weighted by molar-refractivity contribution is 9.10. The molecule has 1 fully saturated rings. The van der Waals surface area contributed by atoms with E-state index in [4.69, 9.17) is 4.74 Å². The van der Waals surface area contributed by atoms with Gasteiger partial charge in [0.05, 0.1) is 10.6 Å². The van der Waals surface area contributed by atoms with E-state index in [1.54, 1.807) is 12.1 Å². The highest BCUT2D eigenvalue weighted by Gasteiger charge is 2.33. The summed E-state index contributed by atoms with van der Waals surface area (Å²) in [5.74, 6) is -0.253. The van der Waals surface area contributed by atoms with Gasteiger partial charge in [0.1, 0.15) is 5.75 Å². The van der Waals surface area contributed by atoms with Crippen LogP contribution in [0.2, 0.25) is 0 Å². The Morgan fingerprint density at radius 3 is 2.67 bits per heavy atom. The van der Waals surface area contributed by atoms with Gasteiger partial charge in [0.25, 0.3) is 5.91 Å². The standard InChI is InChI=1S/C20H20BrN3O5S/c21-14-2-1-3-15(10-14)22-20(26)13-6-8-24(9-7-13)30(27,28)16-4-5-18-17(11-16)23-19(25)12-29-18/h1-5,10-11,13H,6-9,12H2,(H,22,26)(H,23,25). The number of benzene rings is 2. The Morgan fingerprint density at radius 1 is 1.17 bits per heavy atom. The first-order valence-corrected chi connectivity index (χ1v) is 11.7. The molecule has 2 amide bonds. The van der Waals surface area contributed by atoms with Gasteiger partial charge in [0.15, 0.2) is 6.61 Å². The molecule has 0 saturated carbocycles. The lowest BCUT2D eigenvalue weighted by Crippen LogP contribution is -2.41. The largest absolute Gasteiger partial charge is 0.482 e. The van der Waals surface area contributed by atoms with Crippen molar-refractivity contribution in [2.45, 2.75) is 17.7 Å². The Kier molecular flexibility index (Phi) is 5.81. The monoisotopic (exact) mass is 493 g/mol. The minimum atomic E-state index is -3.74. The van der Waals surface area contributed by atoms with Gasteiger partial charge in [-0.1, -0.05) is 22.0 Å². The van der Waals surface area contributed by atoms with E-state index in [9.17, 15) is 18.0 Å². The molecule has 158 valence electrons. The molecule has 1 saturated heterocycles. The van der Waals surface area contributed by atoms with Crippen molar-refractivity contribution in [3.05, 3.63) is 46.9 Å². The van der Waals surface area contributed by atoms with Gasteiger partial charge in [-0.2, -0.15) is 4.31 Å². The van der Waals surface area contributed by atoms with Crippen LogP contribution in [0, 0.1) is 5.92 Å². The SMILES string of the molecule is O=C1COc2ccc(S(=O)(=O)N3CCC(C(=O)Nc4cccc(Br)c4)CC3)cc2N1. The Labute approximate surface area is 182 Å². The van der Waals surface area contributed by atoms with E-state index in [2.05, 4.69) is 26.6 Å². The summed E-state index contributed by atoms with van der Waals surface area (Å²) in [6.45, 7) is 0.409. The first-order chi connectivity index (χ1) is 14.3. The predicted molar refractivity (Wildman–Crippen MR) is 115 cm³/mol. The summed E-state index contributed by atoms with van der Waals surface area (Å²) < 4.78 is 33.6. The summed E-state index contributed by atoms with van der Waals surface area (Å²) in [5.41, 5.74) is 1.04. The number of halogens is 1. The molecule has 2 aliphatic heterocycles. The van der Waals surface area contributed by atoms with Crippen LogP contribution in [0.3, 0.4) is 0 Å². The van der Waals surface area contributed by atoms with Gasteiger partial charge in [-0.15, -0.1) is 0 Å². The number of hydrogen-bond donors (Lipinski definition) is 2. The number of hydrogen-bond acceptors (Lipinski definition) is 5. The number of amides is 2. The van der Waals surface area contributed by atoms with E-state index in [0.717, 1.165) is 4.47 Å². The normalized spacial score (nSPS) is 17.6. The van der Waals surface area contributed by atoms with E-state index in [1.807, 2.05) is 18.2 Å². The van der Waals surface area contributed by atoms with E-state index in [1.165, 1.54) is 16.4 Å². The van der Waals surface area contributed by atoms with Crippen molar-refractivity contribution >= 4 is 49.1 Å². The molecule has 10 heteroatoms. The van der Waals surface area contributed by atoms with Crippen LogP contribution in [0.25, 0.3) is 0 Å². The fourth-order valence-corrected chi connectivity index (χ4v) is 5.44. The van der Waals surface area contributed by atoms with Crippen molar-refractivity contribution in [3.63, 3.8) is 0 Å². The summed E-state index contributed by atoms with van der Waals surface area (Å²) in [6.07, 6.45) is 0.869. The maximum absolute atomic E-state index is 13.0. The number of rotatable bonds is 4. The number of nitrogens with zero attached hydrogens (tertiary/aromatic N) is 1. The van der Waals surface area contributed by atoms with Crippen LogP contribution in [0.1, 0.15) is 12.8 Å². The number of nitrogens with one attached hydrogen (secondary N) is 2. The molecule has 0 radical (unpaired) electrons. The molecule has 0 atom stereocenters. The first kappa shape index (κ1) is 20.8. The predicted octanol–water partition coefficient (Wildman–Crippen LogP) is 2.82. The Morgan fingerprint density at radius 2 is 1.93 bits per heavy atom. The summed E-state index contributed by atoms with van der Waals surface area (Å²) in [5, 5.41) is 5.51. The second-order valence-corrected chi connectivity index (χ2v) is 10.0. The van der Waals surface area contributed by atoms with Crippen LogP contribution in [0.5, 0.6) is 5.75 Å². The molecule has 0 bridgehead atoms. The Hall–Kier alpha value is -2.43. The van der Waals surface area contributed by atoms with Crippen LogP contribution in [0.15, 0.2) is 51.8 Å². The second-order valence-electron chi connectivity index (χ2n) is 7.17. The molecule has 2 heterocycles. The smallest absolute Gasteiger partial charge is 0.262 e. The number of fused-ring (bicyclic) bond motifs is 1. The molecular formula is C20H20BrN3O5S. The molecule has 2 N–H and O–H groups in total. The van der Waals surface area contributed by atoms with Crippen LogP contribution in [0.4, 0.5) is 11.4 Å². The van der Waals surface area contributed by atoms with Gasteiger partial charge < -0.3 is 15.4 Å². The third kappa shape index (κ3) is 4.35. The molecule has 2 aromatic rings. The molecule has 2 aromatic carbocycles. The molecule has 4 rings (SSSR count). The summed E-state index contributed by atoms with van der Waals surface area (Å²) >= 11 is 3.37. The molecule has 30 heavy (non-hydrogen) atoms. The van der Waals surface area contributed by atoms with Crippen molar-refractivity contribution < 1.29 is 22.7 Å². The molecule has 8 nitrogen and oxygen atoms in total. The lowest BCUT2D eigenvalue weighted by Gasteiger charge is -2.31. The van der Waals surface area contributed by atoms with Gasteiger partial charge >= 0.3 is 0 Å². The minimum absolute atomic E-state index is 0.0871. The van der Waals surface area contributed by atoms with Gasteiger partial charge in [0, 0.05) is 29.2 Å². The highest BCUT2D eigenvalue weighted by Crippen LogP contribution is 2.32. The van der Waals surface area contributed by atoms with Crippen LogP contribution in [-0.2, 0) is 19.6 Å². The number of anilines is 2. The van der Waals surface area contributed by atoms with E-state index in [0.29, 0.717) is 30.0 Å². The van der Waals surface area contributed by atoms with Crippen LogP contribution >= 0.6 is 15.9 Å². The zero-order chi connectivity index (χ0) is 21.3. The fourth-order valence-electron chi connectivity index (χ4n) is 3.54. The number of carbonyl (C=O) groups is 2. The quantitative estimate of drug-likeness (QED) is 0.681. The lowest BCUT2D eigenvalue weighted by atomic mass is 9.97. The van der Waals surface area contributed by atoms with Crippen molar-refractivity contribution in [2.24, 2.45) is 5.92 Å². The summed E-state index contributed by atoms with van der Waals surface area (Å²) in [6, 6.07) is 11.8. The highest BCUT2D eigenvalue weighted by atomic mass is 79.9. The maximum Gasteiger partial charge on any atom is 0.262 e. The lowest BCUT2D eigenvalue weighted by molar-refractivity contribution is -0.121. The van der Waals surface area contributed by atoms with Gasteiger partial charge in [0.2, 0.25) is 15.9 Å². The zero-order valence-electron chi connectivity index (χ0n) is 15.9. The average Bonchev–Trinajstić information content (AvgIpc) is 2.73. The topological polar surface area (TPSA) is 105 Å². The number of piperidine rings is 1. The molecule has 2 aliphatic rings. The molecule has 0 unspecified atom stereocenters. The number of ether oxygens (including phenoxy) is 1. The summed E-state index contributed by atoms with van der Waals surface area (Å²) in [4.78, 5) is 24.1. The van der Waals surface area contributed by atoms with E-state index >= 15 is 0 Å². The van der Waals surface area contributed by atoms with Gasteiger partial charge in [-0.25, -0.2) is 8.42 Å². The van der Waals surface area contributed by atoms with Gasteiger partial charge in [-0.3, -0.25) is 9.59 Å². The first-order valence-electron chi connectivity index (χ1n) is 9.46. The van der Waals surface area contributed by atoms with Crippen molar-refractivity contribution in [3.8, 4) is 5.75 Å². The molecule has 0 aromatic heterocycles. The average molecular weight is 494 g/mol. The fraction of sp³-hybridized carbons (Fsp3) is 0.300. The van der Waals surface area contributed by atoms with Crippen LogP contribution < -0.4 is 15.4 Å². The molecule has 0 aliphatic carbocycles. The summed E-state index contributed by atoms with van der Waals surface area (Å²) in [7, 11) is -3.74. The van der Waals surface area contributed by atoms with Crippen LogP contribution in [-0.4, -0.2) is 44.2 Å². The van der Waals surface area contributed by atoms with E-state index < -0.39 is 10.0 Å². The third-order valence-electron chi connectivity index (χ3n) is 5.14. The number of sulfonamides is 1. The third-order valence-corrected chi connectivity index (χ3v) is 7.53. The maximum atomic E-state index is 13.0. The molecule has 0 spiro atoms. The zero-order valence-corrected chi connectivity index (χ0v) is 18.3. The van der Waals surface area contributed by atoms with Crippen molar-refractivity contribution in [1.82, 2.24) is 4.31 Å². The Balaban J connectivity index is 1.41. The molecular weight excluding hydrogens is 474 g/mol. The number of carbonyl (C=O) groups excluding carboxylic acids is 2. The second kappa shape index (κ2) is 8.37. The van der Waals surface area contributed by atoms with Crippen molar-refractivity contribution in [1.29, 1.82) is 0 Å². The van der Waals surface area contributed by atoms with E-state index in [-0.39, 0.29) is 42.3 Å². The Bertz CT molecular complexity index is 1100.